The fraction of sp³-hybridized carbons (Fsp3) is 0.286. The summed E-state index contributed by atoms with van der Waals surface area (Å²) in [6.07, 6.45) is 1.51. The third-order valence-electron chi connectivity index (χ3n) is 2.64. The van der Waals surface area contributed by atoms with Gasteiger partial charge in [-0.05, 0) is 30.7 Å². The molecule has 94 valence electrons. The molecule has 1 aromatic heterocycles. The van der Waals surface area contributed by atoms with E-state index in [-0.39, 0.29) is 5.78 Å². The maximum absolute atomic E-state index is 11.7. The summed E-state index contributed by atoms with van der Waals surface area (Å²) in [6.45, 7) is 2.73. The van der Waals surface area contributed by atoms with E-state index in [1.54, 1.807) is 11.3 Å². The maximum atomic E-state index is 11.7. The van der Waals surface area contributed by atoms with Crippen molar-refractivity contribution < 1.29 is 4.79 Å². The molecule has 0 bridgehead atoms. The van der Waals surface area contributed by atoms with Gasteiger partial charge in [0.15, 0.2) is 5.78 Å². The summed E-state index contributed by atoms with van der Waals surface area (Å²) < 4.78 is 0. The molecule has 0 saturated carbocycles. The molecule has 2 rings (SSSR count). The molecule has 0 amide bonds. The standard InChI is InChI=1S/C14H16N2OS/c1-2-3-14(17)11-4-6-12(7-5-11)15-8-13-9-18-10-16-13/h4-7,9-10,15H,2-3,8H2,1H3. The van der Waals surface area contributed by atoms with Crippen LogP contribution in [0.25, 0.3) is 0 Å². The van der Waals surface area contributed by atoms with Gasteiger partial charge in [0.2, 0.25) is 0 Å². The maximum Gasteiger partial charge on any atom is 0.162 e. The van der Waals surface area contributed by atoms with Crippen molar-refractivity contribution in [2.75, 3.05) is 5.32 Å². The summed E-state index contributed by atoms with van der Waals surface area (Å²) in [5.74, 6) is 0.212. The van der Waals surface area contributed by atoms with E-state index in [9.17, 15) is 4.79 Å². The average molecular weight is 260 g/mol. The van der Waals surface area contributed by atoms with Crippen molar-refractivity contribution in [3.63, 3.8) is 0 Å². The fourth-order valence-corrected chi connectivity index (χ4v) is 2.22. The number of benzene rings is 1. The van der Waals surface area contributed by atoms with Crippen LogP contribution in [0.1, 0.15) is 35.8 Å². The van der Waals surface area contributed by atoms with Gasteiger partial charge < -0.3 is 5.32 Å². The van der Waals surface area contributed by atoms with Crippen LogP contribution in [0.15, 0.2) is 35.2 Å². The number of carbonyl (C=O) groups is 1. The topological polar surface area (TPSA) is 42.0 Å². The number of hydrogen-bond acceptors (Lipinski definition) is 4. The highest BCUT2D eigenvalue weighted by atomic mass is 32.1. The van der Waals surface area contributed by atoms with Crippen molar-refractivity contribution in [2.45, 2.75) is 26.3 Å². The van der Waals surface area contributed by atoms with Crippen molar-refractivity contribution >= 4 is 22.8 Å². The van der Waals surface area contributed by atoms with Crippen LogP contribution in [-0.4, -0.2) is 10.8 Å². The SMILES string of the molecule is CCCC(=O)c1ccc(NCc2cscn2)cc1. The first kappa shape index (κ1) is 12.8. The first-order chi connectivity index (χ1) is 8.79. The Morgan fingerprint density at radius 1 is 1.33 bits per heavy atom. The molecule has 0 radical (unpaired) electrons. The Labute approximate surface area is 111 Å². The molecular weight excluding hydrogens is 244 g/mol. The number of rotatable bonds is 6. The summed E-state index contributed by atoms with van der Waals surface area (Å²) in [5, 5.41) is 5.30. The van der Waals surface area contributed by atoms with Gasteiger partial charge in [-0.15, -0.1) is 11.3 Å². The van der Waals surface area contributed by atoms with Crippen LogP contribution in [0.4, 0.5) is 5.69 Å². The van der Waals surface area contributed by atoms with Crippen molar-refractivity contribution in [1.29, 1.82) is 0 Å². The summed E-state index contributed by atoms with van der Waals surface area (Å²) in [4.78, 5) is 15.9. The van der Waals surface area contributed by atoms with E-state index in [1.165, 1.54) is 0 Å². The van der Waals surface area contributed by atoms with Crippen LogP contribution >= 0.6 is 11.3 Å². The largest absolute Gasteiger partial charge is 0.379 e. The average Bonchev–Trinajstić information content (AvgIpc) is 2.90. The normalized spacial score (nSPS) is 10.3. The van der Waals surface area contributed by atoms with Gasteiger partial charge in [-0.25, -0.2) is 4.98 Å². The molecule has 4 heteroatoms. The van der Waals surface area contributed by atoms with E-state index in [0.717, 1.165) is 23.4 Å². The molecule has 0 aliphatic rings. The second kappa shape index (κ2) is 6.31. The lowest BCUT2D eigenvalue weighted by molar-refractivity contribution is 0.0982. The molecule has 2 aromatic rings. The smallest absolute Gasteiger partial charge is 0.162 e. The highest BCUT2D eigenvalue weighted by Gasteiger charge is 2.04. The minimum atomic E-state index is 0.212. The number of carbonyl (C=O) groups excluding carboxylic acids is 1. The number of hydrogen-bond donors (Lipinski definition) is 1. The monoisotopic (exact) mass is 260 g/mol. The zero-order valence-electron chi connectivity index (χ0n) is 10.3. The summed E-state index contributed by atoms with van der Waals surface area (Å²) >= 11 is 1.59. The second-order valence-corrected chi connectivity index (χ2v) is 4.80. The highest BCUT2D eigenvalue weighted by Crippen LogP contribution is 2.13. The molecule has 0 unspecified atom stereocenters. The number of thiazole rings is 1. The Balaban J connectivity index is 1.93. The van der Waals surface area contributed by atoms with Gasteiger partial charge in [0.25, 0.3) is 0 Å². The van der Waals surface area contributed by atoms with E-state index in [0.29, 0.717) is 13.0 Å². The van der Waals surface area contributed by atoms with E-state index in [4.69, 9.17) is 0 Å². The van der Waals surface area contributed by atoms with E-state index in [1.807, 2.05) is 42.1 Å². The molecule has 1 N–H and O–H groups in total. The second-order valence-electron chi connectivity index (χ2n) is 4.08. The molecule has 0 saturated heterocycles. The highest BCUT2D eigenvalue weighted by molar-refractivity contribution is 7.07. The zero-order chi connectivity index (χ0) is 12.8. The minimum absolute atomic E-state index is 0.212. The van der Waals surface area contributed by atoms with Gasteiger partial charge in [-0.2, -0.15) is 0 Å². The third-order valence-corrected chi connectivity index (χ3v) is 3.28. The molecule has 0 atom stereocenters. The Bertz CT molecular complexity index is 491. The van der Waals surface area contributed by atoms with Crippen LogP contribution in [0.5, 0.6) is 0 Å². The van der Waals surface area contributed by atoms with Gasteiger partial charge >= 0.3 is 0 Å². The lowest BCUT2D eigenvalue weighted by Crippen LogP contribution is -2.01. The van der Waals surface area contributed by atoms with Crippen LogP contribution in [-0.2, 0) is 6.54 Å². The first-order valence-electron chi connectivity index (χ1n) is 6.04. The molecule has 1 heterocycles. The molecular formula is C14H16N2OS. The lowest BCUT2D eigenvalue weighted by atomic mass is 10.1. The van der Waals surface area contributed by atoms with Gasteiger partial charge in [-0.3, -0.25) is 4.79 Å². The Morgan fingerprint density at radius 3 is 2.72 bits per heavy atom. The number of ketones is 1. The van der Waals surface area contributed by atoms with Crippen LogP contribution in [0, 0.1) is 0 Å². The number of nitrogens with zero attached hydrogens (tertiary/aromatic N) is 1. The Morgan fingerprint density at radius 2 is 2.11 bits per heavy atom. The van der Waals surface area contributed by atoms with Crippen molar-refractivity contribution in [2.24, 2.45) is 0 Å². The van der Waals surface area contributed by atoms with Crippen LogP contribution < -0.4 is 5.32 Å². The molecule has 3 nitrogen and oxygen atoms in total. The molecule has 1 aromatic carbocycles. The van der Waals surface area contributed by atoms with E-state index in [2.05, 4.69) is 10.3 Å². The summed E-state index contributed by atoms with van der Waals surface area (Å²) in [5.41, 5.74) is 4.65. The van der Waals surface area contributed by atoms with Crippen LogP contribution in [0.3, 0.4) is 0 Å². The van der Waals surface area contributed by atoms with Gasteiger partial charge in [-0.1, -0.05) is 6.92 Å². The van der Waals surface area contributed by atoms with Gasteiger partial charge in [0.1, 0.15) is 0 Å². The van der Waals surface area contributed by atoms with Gasteiger partial charge in [0.05, 0.1) is 17.7 Å². The summed E-state index contributed by atoms with van der Waals surface area (Å²) in [6, 6.07) is 7.63. The fourth-order valence-electron chi connectivity index (χ4n) is 1.66. The third kappa shape index (κ3) is 3.40. The van der Waals surface area contributed by atoms with Gasteiger partial charge in [0, 0.05) is 23.1 Å². The summed E-state index contributed by atoms with van der Waals surface area (Å²) in [7, 11) is 0. The number of nitrogens with one attached hydrogen (secondary N) is 1. The Hall–Kier alpha value is -1.68. The number of anilines is 1. The quantitative estimate of drug-likeness (QED) is 0.804. The predicted octanol–water partition coefficient (Wildman–Crippen LogP) is 3.74. The van der Waals surface area contributed by atoms with E-state index >= 15 is 0 Å². The minimum Gasteiger partial charge on any atom is -0.379 e. The Kier molecular flexibility index (Phi) is 4.47. The molecule has 0 aliphatic carbocycles. The van der Waals surface area contributed by atoms with Crippen molar-refractivity contribution in [3.05, 3.63) is 46.4 Å². The molecule has 0 aliphatic heterocycles. The first-order valence-corrected chi connectivity index (χ1v) is 6.98. The lowest BCUT2D eigenvalue weighted by Gasteiger charge is -2.05. The number of aromatic nitrogens is 1. The molecule has 0 fully saturated rings. The number of Topliss-reactive ketones (excluding diaryl/α,β-unsaturated/α-hetero) is 1. The van der Waals surface area contributed by atoms with Crippen LogP contribution in [0.2, 0.25) is 0 Å². The van der Waals surface area contributed by atoms with E-state index < -0.39 is 0 Å². The van der Waals surface area contributed by atoms with Crippen molar-refractivity contribution in [3.8, 4) is 0 Å². The molecule has 18 heavy (non-hydrogen) atoms. The predicted molar refractivity (Wildman–Crippen MR) is 75.1 cm³/mol. The zero-order valence-corrected chi connectivity index (χ0v) is 11.2. The van der Waals surface area contributed by atoms with Crippen molar-refractivity contribution in [1.82, 2.24) is 4.98 Å². The molecule has 0 spiro atoms.